The topological polar surface area (TPSA) is 84.5 Å². The number of carbonyl (C=O) groups is 1. The molecule has 1 fully saturated rings. The summed E-state index contributed by atoms with van der Waals surface area (Å²) in [6, 6.07) is 18.8. The van der Waals surface area contributed by atoms with Crippen molar-refractivity contribution >= 4 is 23.1 Å². The molecule has 0 bridgehead atoms. The van der Waals surface area contributed by atoms with Crippen molar-refractivity contribution in [2.24, 2.45) is 5.73 Å². The Morgan fingerprint density at radius 1 is 0.971 bits per heavy atom. The maximum absolute atomic E-state index is 13.0. The minimum atomic E-state index is -0.0582. The van der Waals surface area contributed by atoms with Crippen LogP contribution >= 0.6 is 0 Å². The number of anilines is 2. The molecule has 0 saturated heterocycles. The molecule has 5 rings (SSSR count). The molecule has 0 aliphatic heterocycles. The van der Waals surface area contributed by atoms with Gasteiger partial charge < -0.3 is 16.4 Å². The second kappa shape index (κ2) is 9.55. The van der Waals surface area contributed by atoms with Gasteiger partial charge in [0.25, 0.3) is 5.91 Å². The first-order valence-corrected chi connectivity index (χ1v) is 12.4. The second-order valence-electron chi connectivity index (χ2n) is 9.80. The summed E-state index contributed by atoms with van der Waals surface area (Å²) in [6.45, 7) is 6.28. The summed E-state index contributed by atoms with van der Waals surface area (Å²) in [5.41, 5.74) is 13.8. The Hall–Kier alpha value is -3.64. The number of nitrogens with zero attached hydrogens (tertiary/aromatic N) is 2. The quantitative estimate of drug-likeness (QED) is 0.353. The normalized spacial score (nSPS) is 17.9. The van der Waals surface area contributed by atoms with Gasteiger partial charge in [0.05, 0.1) is 0 Å². The third-order valence-electron chi connectivity index (χ3n) is 7.04. The molecule has 2 aromatic carbocycles. The minimum absolute atomic E-state index is 0.0582. The lowest BCUT2D eigenvalue weighted by molar-refractivity contribution is 0.0926. The van der Waals surface area contributed by atoms with Crippen molar-refractivity contribution in [3.05, 3.63) is 83.0 Å². The van der Waals surface area contributed by atoms with Crippen LogP contribution in [0.3, 0.4) is 0 Å². The highest BCUT2D eigenvalue weighted by atomic mass is 16.1. The molecular formula is C29H33N5O. The van der Waals surface area contributed by atoms with E-state index in [0.29, 0.717) is 5.56 Å². The van der Waals surface area contributed by atoms with Crippen molar-refractivity contribution in [1.82, 2.24) is 14.7 Å². The number of amides is 1. The lowest BCUT2D eigenvalue weighted by Crippen LogP contribution is -2.40. The predicted molar refractivity (Wildman–Crippen MR) is 142 cm³/mol. The predicted octanol–water partition coefficient (Wildman–Crippen LogP) is 5.67. The zero-order valence-corrected chi connectivity index (χ0v) is 20.6. The highest BCUT2D eigenvalue weighted by Gasteiger charge is 2.22. The fraction of sp³-hybridized carbons (Fsp3) is 0.310. The molecule has 4 aromatic rings. The Labute approximate surface area is 206 Å². The summed E-state index contributed by atoms with van der Waals surface area (Å²) in [7, 11) is 0. The standard InChI is InChI=1S/C29H33N5O/c1-18-7-9-21(10-8-18)27-28(33-26-19(2)5-4-6-20(26)3)34-16-15-22(17-25(34)32-27)29(35)31-24-13-11-23(30)12-14-24/h4-10,15-17,23-24,33H,11-14,30H2,1-3H3,(H,31,35). The molecule has 6 nitrogen and oxygen atoms in total. The number of aromatic nitrogens is 2. The van der Waals surface area contributed by atoms with Crippen molar-refractivity contribution < 1.29 is 4.79 Å². The molecule has 6 heteroatoms. The SMILES string of the molecule is Cc1ccc(-c2nc3cc(C(=O)NC4CCC(N)CC4)ccn3c2Nc2c(C)cccc2C)cc1. The van der Waals surface area contributed by atoms with Gasteiger partial charge >= 0.3 is 0 Å². The number of fused-ring (bicyclic) bond motifs is 1. The van der Waals surface area contributed by atoms with Crippen LogP contribution in [0.4, 0.5) is 11.5 Å². The van der Waals surface area contributed by atoms with Gasteiger partial charge in [-0.3, -0.25) is 9.20 Å². The number of pyridine rings is 1. The van der Waals surface area contributed by atoms with E-state index in [2.05, 4.69) is 73.9 Å². The summed E-state index contributed by atoms with van der Waals surface area (Å²) < 4.78 is 2.03. The van der Waals surface area contributed by atoms with Gasteiger partial charge in [0.1, 0.15) is 17.2 Å². The number of imidazole rings is 1. The van der Waals surface area contributed by atoms with E-state index < -0.39 is 0 Å². The van der Waals surface area contributed by atoms with Crippen LogP contribution in [0.2, 0.25) is 0 Å². The molecule has 1 saturated carbocycles. The van der Waals surface area contributed by atoms with Gasteiger partial charge in [0.15, 0.2) is 0 Å². The van der Waals surface area contributed by atoms with Gasteiger partial charge in [0.2, 0.25) is 0 Å². The molecule has 2 aromatic heterocycles. The molecule has 0 spiro atoms. The molecule has 1 amide bonds. The van der Waals surface area contributed by atoms with E-state index in [9.17, 15) is 4.79 Å². The molecule has 0 unspecified atom stereocenters. The average Bonchev–Trinajstić information content (AvgIpc) is 3.21. The summed E-state index contributed by atoms with van der Waals surface area (Å²) in [5.74, 6) is 0.826. The van der Waals surface area contributed by atoms with Crippen LogP contribution < -0.4 is 16.4 Å². The number of nitrogens with one attached hydrogen (secondary N) is 2. The number of benzene rings is 2. The van der Waals surface area contributed by atoms with E-state index in [-0.39, 0.29) is 18.0 Å². The van der Waals surface area contributed by atoms with Crippen LogP contribution in [0, 0.1) is 20.8 Å². The molecule has 4 N–H and O–H groups in total. The first-order valence-electron chi connectivity index (χ1n) is 12.4. The van der Waals surface area contributed by atoms with Crippen LogP contribution in [-0.2, 0) is 0 Å². The number of para-hydroxylation sites is 1. The van der Waals surface area contributed by atoms with Crippen LogP contribution in [0.15, 0.2) is 60.8 Å². The molecular weight excluding hydrogens is 434 g/mol. The van der Waals surface area contributed by atoms with E-state index >= 15 is 0 Å². The van der Waals surface area contributed by atoms with E-state index in [1.54, 1.807) is 0 Å². The van der Waals surface area contributed by atoms with E-state index in [4.69, 9.17) is 10.7 Å². The zero-order valence-electron chi connectivity index (χ0n) is 20.6. The molecule has 1 aliphatic rings. The Morgan fingerprint density at radius 2 is 1.66 bits per heavy atom. The maximum Gasteiger partial charge on any atom is 0.251 e. The van der Waals surface area contributed by atoms with Gasteiger partial charge in [-0.1, -0.05) is 48.0 Å². The Kier molecular flexibility index (Phi) is 6.31. The second-order valence-corrected chi connectivity index (χ2v) is 9.80. The number of nitrogens with two attached hydrogens (primary N) is 1. The third-order valence-corrected chi connectivity index (χ3v) is 7.04. The minimum Gasteiger partial charge on any atom is -0.349 e. The molecule has 2 heterocycles. The summed E-state index contributed by atoms with van der Waals surface area (Å²) in [6.07, 6.45) is 5.70. The molecule has 180 valence electrons. The van der Waals surface area contributed by atoms with Gasteiger partial charge in [-0.25, -0.2) is 4.98 Å². The van der Waals surface area contributed by atoms with E-state index in [1.165, 1.54) is 5.56 Å². The Balaban J connectivity index is 1.53. The maximum atomic E-state index is 13.0. The van der Waals surface area contributed by atoms with Crippen LogP contribution in [0.25, 0.3) is 16.9 Å². The van der Waals surface area contributed by atoms with E-state index in [0.717, 1.165) is 65.2 Å². The van der Waals surface area contributed by atoms with Crippen molar-refractivity contribution in [3.8, 4) is 11.3 Å². The van der Waals surface area contributed by atoms with Gasteiger partial charge in [-0.2, -0.15) is 0 Å². The van der Waals surface area contributed by atoms with Crippen molar-refractivity contribution in [2.45, 2.75) is 58.5 Å². The molecule has 0 radical (unpaired) electrons. The average molecular weight is 468 g/mol. The summed E-state index contributed by atoms with van der Waals surface area (Å²) >= 11 is 0. The molecule has 35 heavy (non-hydrogen) atoms. The first kappa shape index (κ1) is 23.1. The van der Waals surface area contributed by atoms with Crippen LogP contribution in [0.1, 0.15) is 52.7 Å². The smallest absolute Gasteiger partial charge is 0.251 e. The number of rotatable bonds is 5. The summed E-state index contributed by atoms with van der Waals surface area (Å²) in [4.78, 5) is 18.0. The first-order chi connectivity index (χ1) is 16.9. The third kappa shape index (κ3) is 4.80. The number of hydrogen-bond donors (Lipinski definition) is 3. The Morgan fingerprint density at radius 3 is 2.34 bits per heavy atom. The van der Waals surface area contributed by atoms with Gasteiger partial charge in [-0.05, 0) is 69.7 Å². The van der Waals surface area contributed by atoms with Crippen molar-refractivity contribution in [2.75, 3.05) is 5.32 Å². The zero-order chi connectivity index (χ0) is 24.5. The summed E-state index contributed by atoms with van der Waals surface area (Å²) in [5, 5.41) is 6.84. The van der Waals surface area contributed by atoms with Crippen LogP contribution in [0.5, 0.6) is 0 Å². The monoisotopic (exact) mass is 467 g/mol. The highest BCUT2D eigenvalue weighted by molar-refractivity contribution is 5.95. The fourth-order valence-corrected chi connectivity index (χ4v) is 4.88. The molecule has 0 atom stereocenters. The van der Waals surface area contributed by atoms with Gasteiger partial charge in [0, 0.05) is 35.1 Å². The number of hydrogen-bond acceptors (Lipinski definition) is 4. The van der Waals surface area contributed by atoms with E-state index in [1.807, 2.05) is 22.7 Å². The van der Waals surface area contributed by atoms with Gasteiger partial charge in [-0.15, -0.1) is 0 Å². The lowest BCUT2D eigenvalue weighted by atomic mass is 9.91. The van der Waals surface area contributed by atoms with Crippen LogP contribution in [-0.4, -0.2) is 27.4 Å². The lowest BCUT2D eigenvalue weighted by Gasteiger charge is -2.26. The van der Waals surface area contributed by atoms with Crippen molar-refractivity contribution in [3.63, 3.8) is 0 Å². The molecule has 1 aliphatic carbocycles. The largest absolute Gasteiger partial charge is 0.349 e. The fourth-order valence-electron chi connectivity index (χ4n) is 4.88. The number of aryl methyl sites for hydroxylation is 3. The Bertz CT molecular complexity index is 1340. The van der Waals surface area contributed by atoms with Crippen molar-refractivity contribution in [1.29, 1.82) is 0 Å². The number of carbonyl (C=O) groups excluding carboxylic acids is 1. The highest BCUT2D eigenvalue weighted by Crippen LogP contribution is 2.33.